The lowest BCUT2D eigenvalue weighted by Crippen LogP contribution is -2.34. The average molecular weight is 733 g/mol. The van der Waals surface area contributed by atoms with Crippen LogP contribution < -0.4 is 0 Å². The molecule has 0 aliphatic heterocycles. The molecule has 0 saturated heterocycles. The molecule has 3 aromatic rings. The summed E-state index contributed by atoms with van der Waals surface area (Å²) in [4.78, 5) is 0. The SMILES string of the molecule is CCCCCCCCCCCCCCCCCCOCCOCCOCCOCCOCCOC(c1ccccc1)(c1ccccc1)c1ccccc1. The Hall–Kier alpha value is -2.58. The summed E-state index contributed by atoms with van der Waals surface area (Å²) < 4.78 is 35.3. The van der Waals surface area contributed by atoms with Gasteiger partial charge in [-0.1, -0.05) is 194 Å². The quantitative estimate of drug-likeness (QED) is 0.0438. The molecule has 3 aromatic carbocycles. The van der Waals surface area contributed by atoms with Crippen LogP contribution in [0.15, 0.2) is 91.0 Å². The second-order valence-electron chi connectivity index (χ2n) is 14.0. The van der Waals surface area contributed by atoms with Crippen LogP contribution in [0.1, 0.15) is 126 Å². The van der Waals surface area contributed by atoms with Crippen molar-refractivity contribution < 1.29 is 28.4 Å². The van der Waals surface area contributed by atoms with Crippen molar-refractivity contribution in [3.63, 3.8) is 0 Å². The van der Waals surface area contributed by atoms with Crippen LogP contribution in [0, 0.1) is 0 Å². The summed E-state index contributed by atoms with van der Waals surface area (Å²) in [7, 11) is 0. The molecule has 0 amide bonds. The molecule has 0 unspecified atom stereocenters. The first kappa shape index (κ1) is 44.8. The summed E-state index contributed by atoms with van der Waals surface area (Å²) >= 11 is 0. The maximum Gasteiger partial charge on any atom is 0.143 e. The lowest BCUT2D eigenvalue weighted by Gasteiger charge is -2.36. The highest BCUT2D eigenvalue weighted by Crippen LogP contribution is 2.40. The molecular weight excluding hydrogens is 661 g/mol. The second-order valence-corrected chi connectivity index (χ2v) is 14.0. The molecule has 6 nitrogen and oxygen atoms in total. The fourth-order valence-corrected chi connectivity index (χ4v) is 6.76. The molecule has 0 heterocycles. The number of ether oxygens (including phenoxy) is 6. The van der Waals surface area contributed by atoms with Crippen molar-refractivity contribution in [3.05, 3.63) is 108 Å². The zero-order valence-corrected chi connectivity index (χ0v) is 33.2. The number of unbranched alkanes of at least 4 members (excludes halogenated alkanes) is 15. The molecule has 0 atom stereocenters. The van der Waals surface area contributed by atoms with E-state index >= 15 is 0 Å². The van der Waals surface area contributed by atoms with Crippen LogP contribution in [-0.4, -0.2) is 72.7 Å². The standard InChI is InChI=1S/C47H72O6/c1-2-3-4-5-6-7-8-9-10-11-12-13-14-15-16-26-33-48-34-35-49-36-37-50-38-39-51-40-41-52-42-43-53-47(44-27-20-17-21-28-44,45-29-22-18-23-30-45)46-31-24-19-25-32-46/h17-25,27-32H,2-16,26,33-43H2,1H3. The number of hydrogen-bond acceptors (Lipinski definition) is 6. The Morgan fingerprint density at radius 3 is 0.887 bits per heavy atom. The van der Waals surface area contributed by atoms with Gasteiger partial charge < -0.3 is 28.4 Å². The Bertz CT molecular complexity index is 1090. The summed E-state index contributed by atoms with van der Waals surface area (Å²) in [5.41, 5.74) is 2.52. The summed E-state index contributed by atoms with van der Waals surface area (Å²) in [5.74, 6) is 0. The maximum atomic E-state index is 6.75. The summed E-state index contributed by atoms with van der Waals surface area (Å²) in [6.07, 6.45) is 22.2. The highest BCUT2D eigenvalue weighted by Gasteiger charge is 2.37. The number of hydrogen-bond donors (Lipinski definition) is 0. The topological polar surface area (TPSA) is 55.4 Å². The summed E-state index contributed by atoms with van der Waals surface area (Å²) in [6, 6.07) is 31.2. The van der Waals surface area contributed by atoms with E-state index in [4.69, 9.17) is 28.4 Å². The average Bonchev–Trinajstić information content (AvgIpc) is 3.21. The van der Waals surface area contributed by atoms with Crippen molar-refractivity contribution in [2.75, 3.05) is 72.7 Å². The Labute approximate surface area is 323 Å². The van der Waals surface area contributed by atoms with Crippen LogP contribution in [0.4, 0.5) is 0 Å². The molecule has 0 fully saturated rings. The summed E-state index contributed by atoms with van der Waals surface area (Å²) in [5, 5.41) is 0. The third kappa shape index (κ3) is 20.1. The molecule has 0 aromatic heterocycles. The van der Waals surface area contributed by atoms with Gasteiger partial charge in [0.1, 0.15) is 5.60 Å². The van der Waals surface area contributed by atoms with Crippen molar-refractivity contribution in [2.24, 2.45) is 0 Å². The molecule has 0 aliphatic rings. The Kier molecular flexibility index (Phi) is 26.8. The van der Waals surface area contributed by atoms with E-state index in [1.54, 1.807) is 0 Å². The minimum atomic E-state index is -0.733. The highest BCUT2D eigenvalue weighted by molar-refractivity contribution is 5.47. The first-order valence-corrected chi connectivity index (χ1v) is 21.1. The van der Waals surface area contributed by atoms with Crippen LogP contribution in [0.5, 0.6) is 0 Å². The molecule has 3 rings (SSSR count). The monoisotopic (exact) mass is 733 g/mol. The van der Waals surface area contributed by atoms with Gasteiger partial charge in [-0.15, -0.1) is 0 Å². The Morgan fingerprint density at radius 2 is 0.566 bits per heavy atom. The van der Waals surface area contributed by atoms with E-state index in [9.17, 15) is 0 Å². The van der Waals surface area contributed by atoms with Crippen LogP contribution in [0.3, 0.4) is 0 Å². The lowest BCUT2D eigenvalue weighted by atomic mass is 9.80. The van der Waals surface area contributed by atoms with Gasteiger partial charge >= 0.3 is 0 Å². The van der Waals surface area contributed by atoms with Crippen LogP contribution in [-0.2, 0) is 34.0 Å². The molecule has 53 heavy (non-hydrogen) atoms. The van der Waals surface area contributed by atoms with E-state index in [-0.39, 0.29) is 0 Å². The molecule has 6 heteroatoms. The molecule has 0 N–H and O–H groups in total. The zero-order chi connectivity index (χ0) is 37.2. The van der Waals surface area contributed by atoms with E-state index < -0.39 is 5.60 Å². The summed E-state index contributed by atoms with van der Waals surface area (Å²) in [6.45, 7) is 8.50. The van der Waals surface area contributed by atoms with Crippen molar-refractivity contribution in [1.82, 2.24) is 0 Å². The van der Waals surface area contributed by atoms with E-state index in [2.05, 4.69) is 79.7 Å². The van der Waals surface area contributed by atoms with Gasteiger partial charge in [0.15, 0.2) is 0 Å². The van der Waals surface area contributed by atoms with Gasteiger partial charge in [-0.2, -0.15) is 0 Å². The van der Waals surface area contributed by atoms with Crippen LogP contribution in [0.2, 0.25) is 0 Å². The van der Waals surface area contributed by atoms with Gasteiger partial charge in [-0.3, -0.25) is 0 Å². The molecule has 0 aliphatic carbocycles. The molecule has 296 valence electrons. The van der Waals surface area contributed by atoms with Gasteiger partial charge in [0.05, 0.1) is 66.1 Å². The predicted octanol–water partition coefficient (Wildman–Crippen LogP) is 11.3. The normalized spacial score (nSPS) is 11.7. The van der Waals surface area contributed by atoms with E-state index in [1.807, 2.05) is 18.2 Å². The van der Waals surface area contributed by atoms with Crippen LogP contribution >= 0.6 is 0 Å². The first-order chi connectivity index (χ1) is 26.4. The van der Waals surface area contributed by atoms with Crippen molar-refractivity contribution in [2.45, 2.75) is 115 Å². The number of benzene rings is 3. The van der Waals surface area contributed by atoms with Crippen molar-refractivity contribution >= 4 is 0 Å². The number of rotatable bonds is 36. The molecule has 0 spiro atoms. The van der Waals surface area contributed by atoms with E-state index in [0.717, 1.165) is 29.7 Å². The molecule has 0 radical (unpaired) electrons. The second kappa shape index (κ2) is 31.7. The third-order valence-electron chi connectivity index (χ3n) is 9.72. The van der Waals surface area contributed by atoms with E-state index in [0.29, 0.717) is 66.1 Å². The molecule has 0 saturated carbocycles. The van der Waals surface area contributed by atoms with Gasteiger partial charge in [-0.05, 0) is 23.1 Å². The van der Waals surface area contributed by atoms with Gasteiger partial charge in [0, 0.05) is 6.61 Å². The Morgan fingerprint density at radius 1 is 0.302 bits per heavy atom. The van der Waals surface area contributed by atoms with Crippen molar-refractivity contribution in [3.8, 4) is 0 Å². The van der Waals surface area contributed by atoms with Crippen LogP contribution in [0.25, 0.3) is 0 Å². The smallest absolute Gasteiger partial charge is 0.143 e. The van der Waals surface area contributed by atoms with Crippen molar-refractivity contribution in [1.29, 1.82) is 0 Å². The van der Waals surface area contributed by atoms with Gasteiger partial charge in [0.2, 0.25) is 0 Å². The Balaban J connectivity index is 1.07. The fourth-order valence-electron chi connectivity index (χ4n) is 6.76. The largest absolute Gasteiger partial charge is 0.379 e. The van der Waals surface area contributed by atoms with E-state index in [1.165, 1.54) is 96.3 Å². The molecule has 0 bridgehead atoms. The lowest BCUT2D eigenvalue weighted by molar-refractivity contribution is -0.0391. The third-order valence-corrected chi connectivity index (χ3v) is 9.72. The molecular formula is C47H72O6. The zero-order valence-electron chi connectivity index (χ0n) is 33.2. The predicted molar refractivity (Wildman–Crippen MR) is 219 cm³/mol. The van der Waals surface area contributed by atoms with Gasteiger partial charge in [0.25, 0.3) is 0 Å². The first-order valence-electron chi connectivity index (χ1n) is 21.1. The highest BCUT2D eigenvalue weighted by atomic mass is 16.6. The van der Waals surface area contributed by atoms with Gasteiger partial charge in [-0.25, -0.2) is 0 Å². The fraction of sp³-hybridized carbons (Fsp3) is 0.617. The maximum absolute atomic E-state index is 6.75. The minimum absolute atomic E-state index is 0.437. The minimum Gasteiger partial charge on any atom is -0.379 e.